The van der Waals surface area contributed by atoms with E-state index in [2.05, 4.69) is 10.7 Å². The first kappa shape index (κ1) is 23.8. The van der Waals surface area contributed by atoms with Crippen LogP contribution < -0.4 is 16.2 Å². The van der Waals surface area contributed by atoms with E-state index in [0.29, 0.717) is 28.0 Å². The first-order valence-electron chi connectivity index (χ1n) is 9.23. The molecule has 7 N–H and O–H groups in total. The number of hydrogen-bond acceptors (Lipinski definition) is 9. The number of nitrogen functional groups attached to an aromatic ring is 1. The summed E-state index contributed by atoms with van der Waals surface area (Å²) in [5.74, 6) is -0.0204. The Morgan fingerprint density at radius 2 is 1.87 bits per heavy atom. The van der Waals surface area contributed by atoms with Crippen molar-refractivity contribution in [3.05, 3.63) is 53.0 Å². The van der Waals surface area contributed by atoms with Crippen molar-refractivity contribution < 1.29 is 34.1 Å². The molecule has 0 saturated carbocycles. The van der Waals surface area contributed by atoms with Crippen molar-refractivity contribution in [2.45, 2.75) is 19.4 Å². The number of pyridine rings is 1. The molecule has 2 aromatic heterocycles. The number of hydrogen-bond donors (Lipinski definition) is 5. The monoisotopic (exact) mass is 431 g/mol. The molecule has 0 unspecified atom stereocenters. The summed E-state index contributed by atoms with van der Waals surface area (Å²) in [4.78, 5) is 25.7. The SMILES string of the molecule is Cc1ccc(C(=O)c2oc3cc(OCC(O)(CO)CO)ccc3c2N)c(C)n1.NC=O. The quantitative estimate of drug-likeness (QED) is 0.262. The number of nitrogens with zero attached hydrogens (tertiary/aromatic N) is 1. The molecule has 0 bridgehead atoms. The Labute approximate surface area is 178 Å². The number of rotatable bonds is 7. The maximum atomic E-state index is 12.9. The Bertz CT molecular complexity index is 1070. The van der Waals surface area contributed by atoms with Crippen LogP contribution in [-0.2, 0) is 4.79 Å². The fraction of sp³-hybridized carbons (Fsp3) is 0.286. The number of fused-ring (bicyclic) bond motifs is 1. The lowest BCUT2D eigenvalue weighted by Gasteiger charge is -2.23. The zero-order chi connectivity index (χ0) is 23.2. The van der Waals surface area contributed by atoms with Gasteiger partial charge in [0.25, 0.3) is 0 Å². The summed E-state index contributed by atoms with van der Waals surface area (Å²) in [7, 11) is 0. The maximum Gasteiger partial charge on any atom is 0.232 e. The highest BCUT2D eigenvalue weighted by molar-refractivity contribution is 6.14. The van der Waals surface area contributed by atoms with Gasteiger partial charge in [0.1, 0.15) is 23.5 Å². The number of carbonyl (C=O) groups excluding carboxylic acids is 2. The highest BCUT2D eigenvalue weighted by atomic mass is 16.5. The molecule has 0 radical (unpaired) electrons. The fourth-order valence-corrected chi connectivity index (χ4v) is 2.76. The summed E-state index contributed by atoms with van der Waals surface area (Å²) in [5.41, 5.74) is 10.9. The standard InChI is InChI=1S/C20H22N2O6.CH3NO/c1-11-3-5-14(12(2)22-11)18(25)19-17(21)15-6-4-13(7-16(15)28-19)27-10-20(26,8-23)9-24;2-1-3/h3-7,23-24,26H,8-10,21H2,1-2H3;1H,(H2,2,3). The third kappa shape index (κ3) is 5.37. The van der Waals surface area contributed by atoms with Gasteiger partial charge in [-0.3, -0.25) is 14.6 Å². The number of furan rings is 1. The minimum atomic E-state index is -1.76. The van der Waals surface area contributed by atoms with Crippen LogP contribution in [0.5, 0.6) is 5.75 Å². The van der Waals surface area contributed by atoms with Crippen molar-refractivity contribution >= 4 is 28.8 Å². The predicted molar refractivity (Wildman–Crippen MR) is 113 cm³/mol. The average molecular weight is 431 g/mol. The second-order valence-corrected chi connectivity index (χ2v) is 6.88. The van der Waals surface area contributed by atoms with Crippen molar-refractivity contribution in [1.82, 2.24) is 4.98 Å². The zero-order valence-corrected chi connectivity index (χ0v) is 17.2. The van der Waals surface area contributed by atoms with Crippen molar-refractivity contribution in [3.63, 3.8) is 0 Å². The van der Waals surface area contributed by atoms with Gasteiger partial charge in [-0.2, -0.15) is 0 Å². The number of carbonyl (C=O) groups is 2. The molecule has 2 heterocycles. The van der Waals surface area contributed by atoms with Gasteiger partial charge in [-0.05, 0) is 38.1 Å². The first-order chi connectivity index (χ1) is 14.7. The van der Waals surface area contributed by atoms with Crippen LogP contribution in [0.4, 0.5) is 5.69 Å². The Hall–Kier alpha value is -3.47. The summed E-state index contributed by atoms with van der Waals surface area (Å²) >= 11 is 0. The maximum absolute atomic E-state index is 12.9. The van der Waals surface area contributed by atoms with E-state index >= 15 is 0 Å². The topological polar surface area (TPSA) is 182 Å². The molecule has 0 aliphatic rings. The summed E-state index contributed by atoms with van der Waals surface area (Å²) < 4.78 is 11.1. The van der Waals surface area contributed by atoms with E-state index in [9.17, 15) is 9.90 Å². The highest BCUT2D eigenvalue weighted by Crippen LogP contribution is 2.33. The van der Waals surface area contributed by atoms with Crippen LogP contribution in [0.2, 0.25) is 0 Å². The second-order valence-electron chi connectivity index (χ2n) is 6.88. The van der Waals surface area contributed by atoms with Crippen LogP contribution in [0.1, 0.15) is 27.5 Å². The lowest BCUT2D eigenvalue weighted by atomic mass is 10.1. The van der Waals surface area contributed by atoms with Gasteiger partial charge >= 0.3 is 0 Å². The molecule has 0 atom stereocenters. The zero-order valence-electron chi connectivity index (χ0n) is 17.2. The van der Waals surface area contributed by atoms with Crippen LogP contribution >= 0.6 is 0 Å². The van der Waals surface area contributed by atoms with Gasteiger partial charge in [0.05, 0.1) is 18.9 Å². The number of anilines is 1. The molecule has 0 saturated heterocycles. The summed E-state index contributed by atoms with van der Waals surface area (Å²) in [6, 6.07) is 8.19. The number of amides is 1. The number of aliphatic hydroxyl groups excluding tert-OH is 2. The molecular formula is C21H25N3O7. The minimum absolute atomic E-state index is 0.0168. The molecule has 10 nitrogen and oxygen atoms in total. The van der Waals surface area contributed by atoms with Crippen LogP contribution in [0.3, 0.4) is 0 Å². The Kier molecular flexibility index (Phi) is 7.70. The molecule has 0 aliphatic carbocycles. The van der Waals surface area contributed by atoms with E-state index < -0.39 is 18.8 Å². The van der Waals surface area contributed by atoms with Crippen LogP contribution in [0.15, 0.2) is 34.7 Å². The van der Waals surface area contributed by atoms with Gasteiger partial charge in [-0.25, -0.2) is 0 Å². The molecule has 0 aliphatic heterocycles. The number of primary amides is 1. The number of ketones is 1. The molecule has 10 heteroatoms. The summed E-state index contributed by atoms with van der Waals surface area (Å²) in [6.07, 6.45) is 0.250. The fourth-order valence-electron chi connectivity index (χ4n) is 2.76. The van der Waals surface area contributed by atoms with E-state index in [0.717, 1.165) is 5.69 Å². The largest absolute Gasteiger partial charge is 0.490 e. The van der Waals surface area contributed by atoms with Crippen molar-refractivity contribution in [3.8, 4) is 5.75 Å². The Morgan fingerprint density at radius 1 is 1.23 bits per heavy atom. The molecule has 166 valence electrons. The van der Waals surface area contributed by atoms with Gasteiger partial charge in [0.15, 0.2) is 5.76 Å². The Balaban J connectivity index is 0.00000107. The van der Waals surface area contributed by atoms with Gasteiger partial charge in [0.2, 0.25) is 12.2 Å². The molecule has 31 heavy (non-hydrogen) atoms. The number of ether oxygens (including phenoxy) is 1. The molecular weight excluding hydrogens is 406 g/mol. The summed E-state index contributed by atoms with van der Waals surface area (Å²) in [6.45, 7) is 1.97. The van der Waals surface area contributed by atoms with E-state index in [1.807, 2.05) is 6.92 Å². The minimum Gasteiger partial charge on any atom is -0.490 e. The molecule has 1 amide bonds. The lowest BCUT2D eigenvalue weighted by molar-refractivity contribution is -0.106. The van der Waals surface area contributed by atoms with Gasteiger partial charge < -0.3 is 35.9 Å². The van der Waals surface area contributed by atoms with E-state index in [-0.39, 0.29) is 30.2 Å². The Morgan fingerprint density at radius 3 is 2.45 bits per heavy atom. The second kappa shape index (κ2) is 10.0. The normalized spacial score (nSPS) is 11.0. The predicted octanol–water partition coefficient (Wildman–Crippen LogP) is 0.454. The van der Waals surface area contributed by atoms with Crippen LogP contribution in [0, 0.1) is 13.8 Å². The average Bonchev–Trinajstić information content (AvgIpc) is 3.08. The molecule has 1 aromatic carbocycles. The van der Waals surface area contributed by atoms with Gasteiger partial charge in [-0.1, -0.05) is 0 Å². The van der Waals surface area contributed by atoms with E-state index in [1.165, 1.54) is 6.07 Å². The number of aryl methyl sites for hydroxylation is 2. The summed E-state index contributed by atoms with van der Waals surface area (Å²) in [5, 5.41) is 28.7. The molecule has 0 spiro atoms. The van der Waals surface area contributed by atoms with Gasteiger partial charge in [0, 0.05) is 28.4 Å². The van der Waals surface area contributed by atoms with Crippen molar-refractivity contribution in [2.75, 3.05) is 25.6 Å². The molecule has 0 fully saturated rings. The number of aliphatic hydroxyl groups is 3. The first-order valence-corrected chi connectivity index (χ1v) is 9.23. The van der Waals surface area contributed by atoms with Gasteiger partial charge in [-0.15, -0.1) is 0 Å². The van der Waals surface area contributed by atoms with E-state index in [1.54, 1.807) is 31.2 Å². The van der Waals surface area contributed by atoms with Crippen molar-refractivity contribution in [2.24, 2.45) is 5.73 Å². The lowest BCUT2D eigenvalue weighted by Crippen LogP contribution is -2.43. The molecule has 3 rings (SSSR count). The third-order valence-electron chi connectivity index (χ3n) is 4.47. The van der Waals surface area contributed by atoms with Crippen LogP contribution in [-0.4, -0.2) is 57.9 Å². The smallest absolute Gasteiger partial charge is 0.232 e. The van der Waals surface area contributed by atoms with E-state index in [4.69, 9.17) is 29.9 Å². The number of nitrogens with two attached hydrogens (primary N) is 2. The highest BCUT2D eigenvalue weighted by Gasteiger charge is 2.27. The molecule has 3 aromatic rings. The number of aromatic nitrogens is 1. The third-order valence-corrected chi connectivity index (χ3v) is 4.47. The van der Waals surface area contributed by atoms with Crippen molar-refractivity contribution in [1.29, 1.82) is 0 Å². The number of benzene rings is 1. The van der Waals surface area contributed by atoms with Crippen LogP contribution in [0.25, 0.3) is 11.0 Å².